The molecule has 2 aromatic carbocycles. The fourth-order valence-electron chi connectivity index (χ4n) is 2.72. The maximum Gasteiger partial charge on any atom is 0.269 e. The lowest BCUT2D eigenvalue weighted by atomic mass is 10.2. The molecule has 0 bridgehead atoms. The molecule has 0 spiro atoms. The molecule has 0 N–H and O–H groups in total. The van der Waals surface area contributed by atoms with Crippen molar-refractivity contribution < 1.29 is 18.1 Å². The summed E-state index contributed by atoms with van der Waals surface area (Å²) in [4.78, 5) is 10.2. The van der Waals surface area contributed by atoms with Crippen molar-refractivity contribution in [2.45, 2.75) is 17.5 Å². The van der Waals surface area contributed by atoms with Gasteiger partial charge in [0.05, 0.1) is 29.1 Å². The Balaban J connectivity index is 1.67. The van der Waals surface area contributed by atoms with E-state index in [-0.39, 0.29) is 23.7 Å². The molecule has 0 radical (unpaired) electrons. The lowest BCUT2D eigenvalue weighted by molar-refractivity contribution is -0.384. The molecule has 0 fully saturated rings. The zero-order valence-electron chi connectivity index (χ0n) is 13.9. The van der Waals surface area contributed by atoms with E-state index < -0.39 is 21.0 Å². The van der Waals surface area contributed by atoms with Crippen LogP contribution in [-0.4, -0.2) is 36.8 Å². The van der Waals surface area contributed by atoms with Gasteiger partial charge in [-0.25, -0.2) is 8.42 Å². The highest BCUT2D eigenvalue weighted by molar-refractivity contribution is 7.89. The molecule has 3 rings (SSSR count). The Hall–Kier alpha value is -2.55. The minimum atomic E-state index is -3.76. The van der Waals surface area contributed by atoms with E-state index in [2.05, 4.69) is 0 Å². The zero-order chi connectivity index (χ0) is 18.6. The number of nitro benzene ring substituents is 1. The van der Waals surface area contributed by atoms with Crippen LogP contribution >= 0.6 is 0 Å². The Bertz CT molecular complexity index is 895. The Morgan fingerprint density at radius 2 is 1.81 bits per heavy atom. The number of nitrogens with zero attached hydrogens (tertiary/aromatic N) is 2. The average molecular weight is 374 g/mol. The van der Waals surface area contributed by atoms with Crippen molar-refractivity contribution in [2.24, 2.45) is 0 Å². The molecule has 1 atom stereocenters. The van der Waals surface area contributed by atoms with Gasteiger partial charge in [-0.2, -0.15) is 4.31 Å². The number of ether oxygens (including phenoxy) is 1. The fraction of sp³-hybridized carbons (Fsp3) is 0.222. The Kier molecular flexibility index (Phi) is 5.46. The largest absolute Gasteiger partial charge is 0.375 e. The van der Waals surface area contributed by atoms with Crippen molar-refractivity contribution in [3.05, 3.63) is 82.4 Å². The molecule has 8 heteroatoms. The first-order valence-corrected chi connectivity index (χ1v) is 9.47. The summed E-state index contributed by atoms with van der Waals surface area (Å²) in [5.74, 6) is 0. The van der Waals surface area contributed by atoms with Gasteiger partial charge in [-0.05, 0) is 17.7 Å². The molecule has 0 saturated carbocycles. The molecule has 0 aliphatic carbocycles. The number of hydrogen-bond donors (Lipinski definition) is 0. The smallest absolute Gasteiger partial charge is 0.269 e. The third-order valence-corrected chi connectivity index (χ3v) is 5.97. The van der Waals surface area contributed by atoms with Gasteiger partial charge in [-0.3, -0.25) is 10.1 Å². The first kappa shape index (κ1) is 18.2. The first-order chi connectivity index (χ1) is 12.5. The van der Waals surface area contributed by atoms with Crippen molar-refractivity contribution in [3.63, 3.8) is 0 Å². The SMILES string of the molecule is O=[N+]([O-])c1ccc(S(=O)(=O)N2CC=C[C@H]2COCc2ccccc2)cc1. The molecule has 1 heterocycles. The molecule has 1 aliphatic heterocycles. The summed E-state index contributed by atoms with van der Waals surface area (Å²) in [6.45, 7) is 0.882. The highest BCUT2D eigenvalue weighted by atomic mass is 32.2. The third-order valence-electron chi connectivity index (χ3n) is 4.07. The second-order valence-corrected chi connectivity index (χ2v) is 7.71. The van der Waals surface area contributed by atoms with Gasteiger partial charge in [0, 0.05) is 18.7 Å². The fourth-order valence-corrected chi connectivity index (χ4v) is 4.24. The molecular weight excluding hydrogens is 356 g/mol. The molecule has 136 valence electrons. The number of nitro groups is 1. The van der Waals surface area contributed by atoms with Crippen LogP contribution in [0.15, 0.2) is 71.6 Å². The van der Waals surface area contributed by atoms with E-state index in [1.807, 2.05) is 30.3 Å². The highest BCUT2D eigenvalue weighted by Gasteiger charge is 2.32. The minimum absolute atomic E-state index is 0.0276. The summed E-state index contributed by atoms with van der Waals surface area (Å²) in [6.07, 6.45) is 3.58. The summed E-state index contributed by atoms with van der Waals surface area (Å²) < 4.78 is 32.6. The van der Waals surface area contributed by atoms with Crippen molar-refractivity contribution in [2.75, 3.05) is 13.2 Å². The number of sulfonamides is 1. The third kappa shape index (κ3) is 3.98. The zero-order valence-corrected chi connectivity index (χ0v) is 14.7. The number of benzene rings is 2. The van der Waals surface area contributed by atoms with Crippen LogP contribution in [0.3, 0.4) is 0 Å². The van der Waals surface area contributed by atoms with E-state index in [4.69, 9.17) is 4.74 Å². The van der Waals surface area contributed by atoms with Crippen LogP contribution in [-0.2, 0) is 21.4 Å². The summed E-state index contributed by atoms with van der Waals surface area (Å²) in [7, 11) is -3.76. The average Bonchev–Trinajstić information content (AvgIpc) is 3.12. The van der Waals surface area contributed by atoms with E-state index in [0.29, 0.717) is 6.61 Å². The molecule has 0 amide bonds. The topological polar surface area (TPSA) is 89.8 Å². The summed E-state index contributed by atoms with van der Waals surface area (Å²) >= 11 is 0. The molecule has 1 aliphatic rings. The van der Waals surface area contributed by atoms with E-state index in [0.717, 1.165) is 5.56 Å². The lowest BCUT2D eigenvalue weighted by Crippen LogP contribution is -2.38. The Labute approximate surface area is 151 Å². The maximum atomic E-state index is 12.8. The van der Waals surface area contributed by atoms with Crippen molar-refractivity contribution in [3.8, 4) is 0 Å². The van der Waals surface area contributed by atoms with Gasteiger partial charge in [0.2, 0.25) is 10.0 Å². The summed E-state index contributed by atoms with van der Waals surface area (Å²) in [5.41, 5.74) is 0.866. The van der Waals surface area contributed by atoms with Crippen LogP contribution in [0.5, 0.6) is 0 Å². The second kappa shape index (κ2) is 7.77. The van der Waals surface area contributed by atoms with Gasteiger partial charge in [-0.15, -0.1) is 0 Å². The number of non-ortho nitro benzene ring substituents is 1. The summed E-state index contributed by atoms with van der Waals surface area (Å²) in [6, 6.07) is 14.1. The maximum absolute atomic E-state index is 12.8. The van der Waals surface area contributed by atoms with E-state index in [1.54, 1.807) is 12.2 Å². The predicted octanol–water partition coefficient (Wildman–Crippen LogP) is 2.74. The Morgan fingerprint density at radius 1 is 1.12 bits per heavy atom. The van der Waals surface area contributed by atoms with Crippen LogP contribution in [0.4, 0.5) is 5.69 Å². The van der Waals surface area contributed by atoms with Crippen LogP contribution in [0.25, 0.3) is 0 Å². The number of rotatable bonds is 7. The molecule has 2 aromatic rings. The molecule has 0 unspecified atom stereocenters. The van der Waals surface area contributed by atoms with Crippen molar-refractivity contribution in [1.82, 2.24) is 4.31 Å². The van der Waals surface area contributed by atoms with E-state index in [9.17, 15) is 18.5 Å². The van der Waals surface area contributed by atoms with Crippen LogP contribution in [0, 0.1) is 10.1 Å². The summed E-state index contributed by atoms with van der Waals surface area (Å²) in [5, 5.41) is 10.7. The van der Waals surface area contributed by atoms with Crippen molar-refractivity contribution in [1.29, 1.82) is 0 Å². The van der Waals surface area contributed by atoms with E-state index >= 15 is 0 Å². The van der Waals surface area contributed by atoms with Crippen LogP contribution < -0.4 is 0 Å². The van der Waals surface area contributed by atoms with Crippen molar-refractivity contribution >= 4 is 15.7 Å². The highest BCUT2D eigenvalue weighted by Crippen LogP contribution is 2.24. The Morgan fingerprint density at radius 3 is 2.46 bits per heavy atom. The second-order valence-electron chi connectivity index (χ2n) is 5.82. The molecule has 0 saturated heterocycles. The standard InChI is InChI=1S/C18H18N2O5S/c21-20(22)16-8-10-18(11-9-16)26(23,24)19-12-4-7-17(19)14-25-13-15-5-2-1-3-6-15/h1-11,17H,12-14H2/t17-/m0/s1. The lowest BCUT2D eigenvalue weighted by Gasteiger charge is -2.24. The molecular formula is C18H18N2O5S. The molecule has 26 heavy (non-hydrogen) atoms. The van der Waals surface area contributed by atoms with Crippen LogP contribution in [0.2, 0.25) is 0 Å². The first-order valence-electron chi connectivity index (χ1n) is 8.03. The van der Waals surface area contributed by atoms with Gasteiger partial charge in [0.1, 0.15) is 0 Å². The predicted molar refractivity (Wildman–Crippen MR) is 96.0 cm³/mol. The van der Waals surface area contributed by atoms with Gasteiger partial charge < -0.3 is 4.74 Å². The van der Waals surface area contributed by atoms with E-state index in [1.165, 1.54) is 28.6 Å². The van der Waals surface area contributed by atoms with Gasteiger partial charge >= 0.3 is 0 Å². The number of hydrogen-bond acceptors (Lipinski definition) is 5. The molecule has 7 nitrogen and oxygen atoms in total. The van der Waals surface area contributed by atoms with Gasteiger partial charge in [0.15, 0.2) is 0 Å². The molecule has 0 aromatic heterocycles. The monoisotopic (exact) mass is 374 g/mol. The quantitative estimate of drug-likeness (QED) is 0.422. The van der Waals surface area contributed by atoms with Gasteiger partial charge in [0.25, 0.3) is 5.69 Å². The van der Waals surface area contributed by atoms with Gasteiger partial charge in [-0.1, -0.05) is 42.5 Å². The normalized spacial score (nSPS) is 17.5. The van der Waals surface area contributed by atoms with Crippen LogP contribution in [0.1, 0.15) is 5.56 Å². The minimum Gasteiger partial charge on any atom is -0.375 e.